The summed E-state index contributed by atoms with van der Waals surface area (Å²) in [6.07, 6.45) is 7.13. The second-order valence-corrected chi connectivity index (χ2v) is 7.79. The number of hydrogen-bond donors (Lipinski definition) is 3. The first-order chi connectivity index (χ1) is 14.2. The molecule has 0 amide bonds. The third-order valence-corrected chi connectivity index (χ3v) is 5.67. The first kappa shape index (κ1) is 19.1. The molecule has 0 aliphatic carbocycles. The molecule has 3 heterocycles. The van der Waals surface area contributed by atoms with E-state index in [1.807, 2.05) is 29.0 Å². The van der Waals surface area contributed by atoms with E-state index in [1.165, 1.54) is 4.88 Å². The van der Waals surface area contributed by atoms with Gasteiger partial charge in [0.2, 0.25) is 0 Å². The van der Waals surface area contributed by atoms with Gasteiger partial charge in [0.15, 0.2) is 0 Å². The molecule has 0 saturated carbocycles. The number of thiophene rings is 1. The number of hydrogen-bond acceptors (Lipinski definition) is 5. The van der Waals surface area contributed by atoms with Gasteiger partial charge in [-0.15, -0.1) is 11.3 Å². The van der Waals surface area contributed by atoms with Gasteiger partial charge in [-0.05, 0) is 48.6 Å². The predicted molar refractivity (Wildman–Crippen MR) is 116 cm³/mol. The normalized spacial score (nSPS) is 11.0. The van der Waals surface area contributed by atoms with Crippen LogP contribution < -0.4 is 11.0 Å². The van der Waals surface area contributed by atoms with Crippen molar-refractivity contribution in [1.29, 1.82) is 0 Å². The molecule has 8 heteroatoms. The summed E-state index contributed by atoms with van der Waals surface area (Å²) in [6.45, 7) is 2.09. The highest BCUT2D eigenvalue weighted by Crippen LogP contribution is 2.27. The van der Waals surface area contributed by atoms with Crippen molar-refractivity contribution in [3.05, 3.63) is 75.9 Å². The summed E-state index contributed by atoms with van der Waals surface area (Å²) in [5.41, 5.74) is 1.55. The molecule has 1 aromatic carbocycles. The molecule has 0 saturated heterocycles. The molecule has 4 rings (SSSR count). The number of imidazole rings is 2. The van der Waals surface area contributed by atoms with Crippen molar-refractivity contribution in [2.75, 3.05) is 11.9 Å². The summed E-state index contributed by atoms with van der Waals surface area (Å²) >= 11 is 1.73. The standard InChI is InChI=1S/C21H23N5O2S/c27-17-6-4-16(5-7-17)19-20(23-9-8-18-3-1-14-29-18)24-21(28)26(19)12-2-11-25-13-10-22-15-25/h1,3-7,10,13-15,23,27H,2,8-9,11-12H2,(H,24,28). The maximum absolute atomic E-state index is 12.7. The fourth-order valence-electron chi connectivity index (χ4n) is 3.33. The Balaban J connectivity index is 1.56. The minimum atomic E-state index is -0.141. The molecular weight excluding hydrogens is 386 g/mol. The van der Waals surface area contributed by atoms with Crippen molar-refractivity contribution in [3.8, 4) is 17.0 Å². The van der Waals surface area contributed by atoms with E-state index >= 15 is 0 Å². The highest BCUT2D eigenvalue weighted by atomic mass is 32.1. The van der Waals surface area contributed by atoms with E-state index in [4.69, 9.17) is 0 Å². The SMILES string of the molecule is O=c1[nH]c(NCCc2cccs2)c(-c2ccc(O)cc2)n1CCCn1ccnc1. The fraction of sp³-hybridized carbons (Fsp3) is 0.238. The summed E-state index contributed by atoms with van der Waals surface area (Å²) < 4.78 is 3.76. The molecule has 0 spiro atoms. The van der Waals surface area contributed by atoms with Gasteiger partial charge in [0.05, 0.1) is 12.0 Å². The van der Waals surface area contributed by atoms with Crippen LogP contribution in [0.4, 0.5) is 5.82 Å². The van der Waals surface area contributed by atoms with Crippen LogP contribution in [-0.2, 0) is 19.5 Å². The van der Waals surface area contributed by atoms with Gasteiger partial charge in [0.1, 0.15) is 11.6 Å². The van der Waals surface area contributed by atoms with Crippen LogP contribution in [0.1, 0.15) is 11.3 Å². The quantitative estimate of drug-likeness (QED) is 0.394. The zero-order chi connectivity index (χ0) is 20.1. The number of phenolic OH excluding ortho intramolecular Hbond substituents is 1. The van der Waals surface area contributed by atoms with E-state index in [2.05, 4.69) is 26.7 Å². The Kier molecular flexibility index (Phi) is 5.81. The minimum Gasteiger partial charge on any atom is -0.508 e. The molecule has 0 radical (unpaired) electrons. The molecule has 3 aromatic heterocycles. The second kappa shape index (κ2) is 8.83. The fourth-order valence-corrected chi connectivity index (χ4v) is 4.04. The van der Waals surface area contributed by atoms with Crippen LogP contribution in [0.15, 0.2) is 65.3 Å². The number of anilines is 1. The smallest absolute Gasteiger partial charge is 0.327 e. The van der Waals surface area contributed by atoms with E-state index in [9.17, 15) is 9.90 Å². The van der Waals surface area contributed by atoms with Crippen molar-refractivity contribution >= 4 is 17.2 Å². The van der Waals surface area contributed by atoms with Crippen molar-refractivity contribution < 1.29 is 5.11 Å². The van der Waals surface area contributed by atoms with Gasteiger partial charge >= 0.3 is 5.69 Å². The van der Waals surface area contributed by atoms with Gasteiger partial charge in [-0.2, -0.15) is 0 Å². The summed E-state index contributed by atoms with van der Waals surface area (Å²) in [5.74, 6) is 0.908. The number of rotatable bonds is 9. The van der Waals surface area contributed by atoms with Crippen LogP contribution in [0, 0.1) is 0 Å². The van der Waals surface area contributed by atoms with Gasteiger partial charge in [-0.1, -0.05) is 6.07 Å². The predicted octanol–water partition coefficient (Wildman–Crippen LogP) is 3.55. The lowest BCUT2D eigenvalue weighted by atomic mass is 10.1. The van der Waals surface area contributed by atoms with E-state index in [-0.39, 0.29) is 11.4 Å². The molecule has 3 N–H and O–H groups in total. The highest BCUT2D eigenvalue weighted by Gasteiger charge is 2.16. The van der Waals surface area contributed by atoms with Gasteiger partial charge in [-0.25, -0.2) is 9.78 Å². The van der Waals surface area contributed by atoms with Crippen molar-refractivity contribution in [1.82, 2.24) is 19.1 Å². The Hall–Kier alpha value is -3.26. The van der Waals surface area contributed by atoms with E-state index in [0.29, 0.717) is 12.4 Å². The lowest BCUT2D eigenvalue weighted by molar-refractivity contribution is 0.475. The number of benzene rings is 1. The van der Waals surface area contributed by atoms with Crippen LogP contribution in [-0.4, -0.2) is 30.8 Å². The average molecular weight is 410 g/mol. The number of aromatic nitrogens is 4. The van der Waals surface area contributed by atoms with Crippen molar-refractivity contribution in [2.24, 2.45) is 0 Å². The molecule has 29 heavy (non-hydrogen) atoms. The van der Waals surface area contributed by atoms with E-state index < -0.39 is 0 Å². The molecule has 7 nitrogen and oxygen atoms in total. The van der Waals surface area contributed by atoms with E-state index in [1.54, 1.807) is 40.6 Å². The van der Waals surface area contributed by atoms with Gasteiger partial charge in [0, 0.05) is 42.5 Å². The van der Waals surface area contributed by atoms with Crippen molar-refractivity contribution in [3.63, 3.8) is 0 Å². The first-order valence-electron chi connectivity index (χ1n) is 9.55. The Morgan fingerprint density at radius 3 is 2.76 bits per heavy atom. The minimum absolute atomic E-state index is 0.141. The molecule has 0 aliphatic heterocycles. The Morgan fingerprint density at radius 2 is 2.03 bits per heavy atom. The molecule has 4 aromatic rings. The number of aryl methyl sites for hydroxylation is 1. The molecule has 150 valence electrons. The monoisotopic (exact) mass is 409 g/mol. The van der Waals surface area contributed by atoms with Crippen LogP contribution in [0.5, 0.6) is 5.75 Å². The molecule has 0 unspecified atom stereocenters. The maximum Gasteiger partial charge on any atom is 0.327 e. The summed E-state index contributed by atoms with van der Waals surface area (Å²) in [4.78, 5) is 21.0. The number of aromatic amines is 1. The van der Waals surface area contributed by atoms with Crippen LogP contribution in [0.25, 0.3) is 11.3 Å². The number of aromatic hydroxyl groups is 1. The molecule has 0 fully saturated rings. The average Bonchev–Trinajstić information content (AvgIpc) is 3.46. The van der Waals surface area contributed by atoms with Crippen LogP contribution in [0.2, 0.25) is 0 Å². The molecule has 0 bridgehead atoms. The number of H-pyrrole nitrogens is 1. The third-order valence-electron chi connectivity index (χ3n) is 4.74. The van der Waals surface area contributed by atoms with Crippen LogP contribution >= 0.6 is 11.3 Å². The summed E-state index contributed by atoms with van der Waals surface area (Å²) in [5, 5.41) is 15.1. The number of nitrogens with zero attached hydrogens (tertiary/aromatic N) is 3. The Labute approximate surface area is 172 Å². The largest absolute Gasteiger partial charge is 0.508 e. The van der Waals surface area contributed by atoms with E-state index in [0.717, 1.165) is 37.2 Å². The van der Waals surface area contributed by atoms with Crippen molar-refractivity contribution in [2.45, 2.75) is 25.9 Å². The lowest BCUT2D eigenvalue weighted by Gasteiger charge is -2.11. The van der Waals surface area contributed by atoms with Crippen LogP contribution in [0.3, 0.4) is 0 Å². The number of nitrogens with one attached hydrogen (secondary N) is 2. The Bertz CT molecular complexity index is 1080. The first-order valence-corrected chi connectivity index (χ1v) is 10.4. The van der Waals surface area contributed by atoms with Gasteiger partial charge in [0.25, 0.3) is 0 Å². The highest BCUT2D eigenvalue weighted by molar-refractivity contribution is 7.09. The third kappa shape index (κ3) is 4.60. The summed E-state index contributed by atoms with van der Waals surface area (Å²) in [7, 11) is 0. The number of phenols is 1. The zero-order valence-electron chi connectivity index (χ0n) is 15.9. The summed E-state index contributed by atoms with van der Waals surface area (Å²) in [6, 6.07) is 11.1. The maximum atomic E-state index is 12.7. The lowest BCUT2D eigenvalue weighted by Crippen LogP contribution is -2.18. The Morgan fingerprint density at radius 1 is 1.17 bits per heavy atom. The molecule has 0 atom stereocenters. The topological polar surface area (TPSA) is 87.9 Å². The molecular formula is C21H23N5O2S. The molecule has 0 aliphatic rings. The zero-order valence-corrected chi connectivity index (χ0v) is 16.7. The van der Waals surface area contributed by atoms with Gasteiger partial charge in [-0.3, -0.25) is 9.55 Å². The second-order valence-electron chi connectivity index (χ2n) is 6.76. The van der Waals surface area contributed by atoms with Gasteiger partial charge < -0.3 is 15.0 Å².